The minimum Gasteiger partial charge on any atom is -0.348 e. The number of amides is 1. The molecule has 1 amide bonds. The lowest BCUT2D eigenvalue weighted by atomic mass is 10.1. The standard InChI is InChI=1S/C25H43N3O/c1-7-21(6)27(10-4)20-19-22(8-2)26-25(29)24(9-3)28(11-5)23-17-15-13-12-14-16-18-23/h9,12-15,17,21-22H,7-8,10-11,16,18-20H2,1-6H3,(H,26,29)/b14-12?,15-13-,23-17+,24-9-. The van der Waals surface area contributed by atoms with E-state index in [1.54, 1.807) is 0 Å². The van der Waals surface area contributed by atoms with Crippen LogP contribution in [0.1, 0.15) is 73.6 Å². The summed E-state index contributed by atoms with van der Waals surface area (Å²) < 4.78 is 0. The number of hydrogen-bond donors (Lipinski definition) is 1. The van der Waals surface area contributed by atoms with Gasteiger partial charge in [-0.2, -0.15) is 0 Å². The summed E-state index contributed by atoms with van der Waals surface area (Å²) in [6.07, 6.45) is 17.5. The van der Waals surface area contributed by atoms with Crippen molar-refractivity contribution in [2.24, 2.45) is 0 Å². The number of nitrogens with zero attached hydrogens (tertiary/aromatic N) is 2. The van der Waals surface area contributed by atoms with Crippen LogP contribution in [0.5, 0.6) is 0 Å². The zero-order valence-electron chi connectivity index (χ0n) is 19.6. The first-order valence-electron chi connectivity index (χ1n) is 11.5. The van der Waals surface area contributed by atoms with Crippen molar-refractivity contribution in [1.29, 1.82) is 0 Å². The first kappa shape index (κ1) is 25.2. The largest absolute Gasteiger partial charge is 0.348 e. The van der Waals surface area contributed by atoms with E-state index in [1.807, 2.05) is 19.1 Å². The van der Waals surface area contributed by atoms with Crippen molar-refractivity contribution in [2.45, 2.75) is 85.7 Å². The Balaban J connectivity index is 2.81. The maximum atomic E-state index is 13.2. The average molecular weight is 402 g/mol. The second-order valence-corrected chi connectivity index (χ2v) is 7.68. The maximum Gasteiger partial charge on any atom is 0.267 e. The van der Waals surface area contributed by atoms with Gasteiger partial charge < -0.3 is 15.1 Å². The fraction of sp³-hybridized carbons (Fsp3) is 0.640. The molecule has 0 aliphatic heterocycles. The summed E-state index contributed by atoms with van der Waals surface area (Å²) in [6.45, 7) is 15.8. The highest BCUT2D eigenvalue weighted by molar-refractivity contribution is 5.93. The molecule has 164 valence electrons. The highest BCUT2D eigenvalue weighted by atomic mass is 16.2. The van der Waals surface area contributed by atoms with Crippen LogP contribution in [0.4, 0.5) is 0 Å². The summed E-state index contributed by atoms with van der Waals surface area (Å²) in [7, 11) is 0. The Morgan fingerprint density at radius 3 is 2.48 bits per heavy atom. The smallest absolute Gasteiger partial charge is 0.267 e. The van der Waals surface area contributed by atoms with Gasteiger partial charge >= 0.3 is 0 Å². The first-order chi connectivity index (χ1) is 14.0. The van der Waals surface area contributed by atoms with Gasteiger partial charge in [0, 0.05) is 30.9 Å². The third-order valence-corrected chi connectivity index (χ3v) is 5.89. The molecule has 0 spiro atoms. The highest BCUT2D eigenvalue weighted by Gasteiger charge is 2.21. The molecule has 0 heterocycles. The van der Waals surface area contributed by atoms with Crippen LogP contribution in [0.25, 0.3) is 0 Å². The minimum absolute atomic E-state index is 0.0373. The van der Waals surface area contributed by atoms with Gasteiger partial charge in [0.25, 0.3) is 5.91 Å². The lowest BCUT2D eigenvalue weighted by molar-refractivity contribution is -0.119. The van der Waals surface area contributed by atoms with E-state index in [1.165, 1.54) is 5.70 Å². The van der Waals surface area contributed by atoms with Crippen molar-refractivity contribution >= 4 is 5.91 Å². The van der Waals surface area contributed by atoms with Gasteiger partial charge in [-0.3, -0.25) is 4.79 Å². The number of nitrogens with one attached hydrogen (secondary N) is 1. The van der Waals surface area contributed by atoms with Gasteiger partial charge in [-0.25, -0.2) is 0 Å². The van der Waals surface area contributed by atoms with Crippen LogP contribution < -0.4 is 5.32 Å². The molecule has 2 unspecified atom stereocenters. The summed E-state index contributed by atoms with van der Waals surface area (Å²) >= 11 is 0. The van der Waals surface area contributed by atoms with Crippen molar-refractivity contribution in [1.82, 2.24) is 15.1 Å². The minimum atomic E-state index is 0.0373. The van der Waals surface area contributed by atoms with Crippen LogP contribution >= 0.6 is 0 Å². The summed E-state index contributed by atoms with van der Waals surface area (Å²) in [5.41, 5.74) is 1.95. The molecule has 1 rings (SSSR count). The molecule has 0 aromatic carbocycles. The predicted molar refractivity (Wildman–Crippen MR) is 126 cm³/mol. The average Bonchev–Trinajstić information content (AvgIpc) is 2.71. The van der Waals surface area contributed by atoms with E-state index >= 15 is 0 Å². The van der Waals surface area contributed by atoms with Gasteiger partial charge in [0.15, 0.2) is 0 Å². The second kappa shape index (κ2) is 14.2. The van der Waals surface area contributed by atoms with Crippen molar-refractivity contribution in [2.75, 3.05) is 19.6 Å². The van der Waals surface area contributed by atoms with E-state index in [9.17, 15) is 4.79 Å². The molecule has 0 aromatic rings. The third kappa shape index (κ3) is 8.22. The van der Waals surface area contributed by atoms with E-state index in [2.05, 4.69) is 74.0 Å². The van der Waals surface area contributed by atoms with Crippen LogP contribution in [-0.2, 0) is 4.79 Å². The molecule has 1 N–H and O–H groups in total. The van der Waals surface area contributed by atoms with Crippen molar-refractivity contribution in [3.63, 3.8) is 0 Å². The topological polar surface area (TPSA) is 35.6 Å². The van der Waals surface area contributed by atoms with Crippen LogP contribution in [0.3, 0.4) is 0 Å². The summed E-state index contributed by atoms with van der Waals surface area (Å²) in [4.78, 5) is 17.8. The molecular formula is C25H43N3O. The fourth-order valence-corrected chi connectivity index (χ4v) is 3.79. The zero-order valence-corrected chi connectivity index (χ0v) is 19.6. The summed E-state index contributed by atoms with van der Waals surface area (Å²) in [6, 6.07) is 0.784. The van der Waals surface area contributed by atoms with Gasteiger partial charge in [-0.05, 0) is 65.5 Å². The Hall–Kier alpha value is -1.81. The lowest BCUT2D eigenvalue weighted by Crippen LogP contribution is -2.42. The Morgan fingerprint density at radius 2 is 1.90 bits per heavy atom. The molecule has 4 nitrogen and oxygen atoms in total. The van der Waals surface area contributed by atoms with Crippen LogP contribution in [0.2, 0.25) is 0 Å². The van der Waals surface area contributed by atoms with E-state index in [4.69, 9.17) is 0 Å². The molecule has 4 heteroatoms. The van der Waals surface area contributed by atoms with Crippen molar-refractivity contribution < 1.29 is 4.79 Å². The third-order valence-electron chi connectivity index (χ3n) is 5.89. The summed E-state index contributed by atoms with van der Waals surface area (Å²) in [5.74, 6) is 0.0373. The Bertz CT molecular complexity index is 603. The number of likely N-dealkylation sites (N-methyl/N-ethyl adjacent to an activating group) is 1. The summed E-state index contributed by atoms with van der Waals surface area (Å²) in [5, 5.41) is 3.30. The lowest BCUT2D eigenvalue weighted by Gasteiger charge is -2.31. The quantitative estimate of drug-likeness (QED) is 0.444. The Kier molecular flexibility index (Phi) is 12.4. The van der Waals surface area contributed by atoms with Crippen LogP contribution in [-0.4, -0.2) is 47.4 Å². The molecule has 0 saturated carbocycles. The predicted octanol–water partition coefficient (Wildman–Crippen LogP) is 5.41. The molecule has 0 bridgehead atoms. The number of rotatable bonds is 12. The first-order valence-corrected chi connectivity index (χ1v) is 11.5. The van der Waals surface area contributed by atoms with Crippen LogP contribution in [0, 0.1) is 0 Å². The van der Waals surface area contributed by atoms with E-state index < -0.39 is 0 Å². The SMILES string of the molecule is C/C=C(/C(=O)NC(CC)CCN(CC)C(C)CC)N(CC)/C1=C/C=C\C=CCC1. The molecule has 0 aromatic heterocycles. The van der Waals surface area contributed by atoms with Gasteiger partial charge in [0.05, 0.1) is 0 Å². The molecule has 29 heavy (non-hydrogen) atoms. The molecule has 1 aliphatic carbocycles. The maximum absolute atomic E-state index is 13.2. The number of allylic oxidation sites excluding steroid dienone is 7. The molecule has 1 aliphatic rings. The molecule has 0 saturated heterocycles. The highest BCUT2D eigenvalue weighted by Crippen LogP contribution is 2.20. The van der Waals surface area contributed by atoms with Crippen LogP contribution in [0.15, 0.2) is 47.9 Å². The van der Waals surface area contributed by atoms with Gasteiger partial charge in [0.2, 0.25) is 0 Å². The van der Waals surface area contributed by atoms with Gasteiger partial charge in [-0.15, -0.1) is 0 Å². The number of hydrogen-bond acceptors (Lipinski definition) is 3. The molecular weight excluding hydrogens is 358 g/mol. The van der Waals surface area contributed by atoms with E-state index in [0.29, 0.717) is 6.04 Å². The monoisotopic (exact) mass is 401 g/mol. The second-order valence-electron chi connectivity index (χ2n) is 7.68. The van der Waals surface area contributed by atoms with Crippen molar-refractivity contribution in [3.8, 4) is 0 Å². The van der Waals surface area contributed by atoms with Gasteiger partial charge in [0.1, 0.15) is 5.70 Å². The van der Waals surface area contributed by atoms with E-state index in [-0.39, 0.29) is 11.9 Å². The molecule has 0 fully saturated rings. The fourth-order valence-electron chi connectivity index (χ4n) is 3.79. The zero-order chi connectivity index (χ0) is 21.6. The Morgan fingerprint density at radius 1 is 1.14 bits per heavy atom. The van der Waals surface area contributed by atoms with E-state index in [0.717, 1.165) is 57.4 Å². The van der Waals surface area contributed by atoms with Gasteiger partial charge in [-0.1, -0.05) is 51.2 Å². The Labute approximate surface area is 179 Å². The number of carbonyl (C=O) groups is 1. The molecule has 2 atom stereocenters. The van der Waals surface area contributed by atoms with Crippen molar-refractivity contribution in [3.05, 3.63) is 47.9 Å². The molecule has 0 radical (unpaired) electrons. The number of carbonyl (C=O) groups excluding carboxylic acids is 1. The normalized spacial score (nSPS) is 19.7.